The minimum atomic E-state index is 0. The van der Waals surface area contributed by atoms with E-state index in [0.717, 1.165) is 42.5 Å². The fraction of sp³-hybridized carbons (Fsp3) is 0.765. The number of methoxy groups -OCH3 is 1. The minimum absolute atomic E-state index is 0. The lowest BCUT2D eigenvalue weighted by molar-refractivity contribution is 0.0698. The van der Waals surface area contributed by atoms with Crippen LogP contribution in [0.5, 0.6) is 0 Å². The quantitative estimate of drug-likeness (QED) is 0.225. The maximum Gasteiger partial charge on any atom is 0.191 e. The third-order valence-corrected chi connectivity index (χ3v) is 3.64. The Hall–Kier alpha value is -0.870. The largest absolute Gasteiger partial charge is 0.382 e. The van der Waals surface area contributed by atoms with Crippen LogP contribution < -0.4 is 10.6 Å². The first-order valence-corrected chi connectivity index (χ1v) is 8.61. The van der Waals surface area contributed by atoms with E-state index in [9.17, 15) is 0 Å². The van der Waals surface area contributed by atoms with Crippen LogP contribution in [0.25, 0.3) is 0 Å². The molecule has 25 heavy (non-hydrogen) atoms. The lowest BCUT2D eigenvalue weighted by Gasteiger charge is -2.13. The molecule has 0 bridgehead atoms. The van der Waals surface area contributed by atoms with Crippen molar-refractivity contribution in [2.75, 3.05) is 46.6 Å². The molecule has 1 heterocycles. The minimum Gasteiger partial charge on any atom is -0.382 e. The van der Waals surface area contributed by atoms with Crippen LogP contribution in [0.3, 0.4) is 0 Å². The summed E-state index contributed by atoms with van der Waals surface area (Å²) in [6.07, 6.45) is 0.924. The van der Waals surface area contributed by atoms with Gasteiger partial charge < -0.3 is 24.6 Å². The molecule has 0 amide bonds. The average molecular weight is 468 g/mol. The zero-order valence-electron chi connectivity index (χ0n) is 16.1. The standard InChI is InChI=1S/C17H32N4O3.HI/c1-6-18-17(19-8-7-9-23-11-10-22-5)20-12-13(2)16-14(3)21-24-15(16)4;/h13H,6-12H2,1-5H3,(H2,18,19,20);1H. The van der Waals surface area contributed by atoms with Crippen LogP contribution in [0.15, 0.2) is 9.52 Å². The summed E-state index contributed by atoms with van der Waals surface area (Å²) < 4.78 is 15.6. The molecule has 146 valence electrons. The van der Waals surface area contributed by atoms with Gasteiger partial charge in [0.1, 0.15) is 5.76 Å². The van der Waals surface area contributed by atoms with Crippen LogP contribution >= 0.6 is 24.0 Å². The zero-order chi connectivity index (χ0) is 17.8. The number of hydrogen-bond donors (Lipinski definition) is 2. The Labute approximate surface area is 168 Å². The van der Waals surface area contributed by atoms with Gasteiger partial charge in [-0.1, -0.05) is 12.1 Å². The van der Waals surface area contributed by atoms with Crippen LogP contribution in [0.2, 0.25) is 0 Å². The molecule has 0 saturated carbocycles. The van der Waals surface area contributed by atoms with Crippen LogP contribution in [-0.4, -0.2) is 57.7 Å². The Balaban J connectivity index is 0.00000576. The van der Waals surface area contributed by atoms with Crippen molar-refractivity contribution < 1.29 is 14.0 Å². The molecule has 1 aromatic heterocycles. The number of hydrogen-bond acceptors (Lipinski definition) is 5. The van der Waals surface area contributed by atoms with E-state index in [-0.39, 0.29) is 29.9 Å². The number of aliphatic imine (C=N–C) groups is 1. The van der Waals surface area contributed by atoms with Crippen LogP contribution in [0, 0.1) is 13.8 Å². The first-order valence-electron chi connectivity index (χ1n) is 8.61. The molecule has 1 atom stereocenters. The highest BCUT2D eigenvalue weighted by atomic mass is 127. The van der Waals surface area contributed by atoms with Crippen LogP contribution in [0.4, 0.5) is 0 Å². The van der Waals surface area contributed by atoms with Crippen molar-refractivity contribution in [3.8, 4) is 0 Å². The number of nitrogens with one attached hydrogen (secondary N) is 2. The SMILES string of the molecule is CCNC(=NCC(C)c1c(C)noc1C)NCCCOCCOC.I. The van der Waals surface area contributed by atoms with Gasteiger partial charge in [-0.3, -0.25) is 4.99 Å². The summed E-state index contributed by atoms with van der Waals surface area (Å²) in [5.74, 6) is 1.97. The number of halogens is 1. The maximum atomic E-state index is 5.45. The molecular weight excluding hydrogens is 435 g/mol. The second kappa shape index (κ2) is 14.3. The van der Waals surface area contributed by atoms with E-state index in [1.807, 2.05) is 13.8 Å². The van der Waals surface area contributed by atoms with Crippen molar-refractivity contribution in [3.05, 3.63) is 17.0 Å². The fourth-order valence-electron chi connectivity index (χ4n) is 2.48. The van der Waals surface area contributed by atoms with Gasteiger partial charge in [-0.15, -0.1) is 24.0 Å². The highest BCUT2D eigenvalue weighted by molar-refractivity contribution is 14.0. The van der Waals surface area contributed by atoms with Gasteiger partial charge in [0.2, 0.25) is 0 Å². The Morgan fingerprint density at radius 1 is 1.24 bits per heavy atom. The summed E-state index contributed by atoms with van der Waals surface area (Å²) >= 11 is 0. The number of guanidine groups is 1. The van der Waals surface area contributed by atoms with E-state index in [2.05, 4.69) is 34.6 Å². The number of aryl methyl sites for hydroxylation is 2. The summed E-state index contributed by atoms with van der Waals surface area (Å²) in [6, 6.07) is 0. The second-order valence-electron chi connectivity index (χ2n) is 5.74. The van der Waals surface area contributed by atoms with E-state index >= 15 is 0 Å². The lowest BCUT2D eigenvalue weighted by Crippen LogP contribution is -2.38. The highest BCUT2D eigenvalue weighted by Crippen LogP contribution is 2.23. The zero-order valence-corrected chi connectivity index (χ0v) is 18.4. The van der Waals surface area contributed by atoms with Crippen molar-refractivity contribution >= 4 is 29.9 Å². The normalized spacial score (nSPS) is 12.6. The predicted molar refractivity (Wildman–Crippen MR) is 111 cm³/mol. The Morgan fingerprint density at radius 3 is 2.60 bits per heavy atom. The first-order chi connectivity index (χ1) is 11.6. The molecule has 0 spiro atoms. The topological polar surface area (TPSA) is 80.9 Å². The summed E-state index contributed by atoms with van der Waals surface area (Å²) in [5, 5.41) is 10.6. The van der Waals surface area contributed by atoms with Gasteiger partial charge in [0.05, 0.1) is 18.9 Å². The second-order valence-corrected chi connectivity index (χ2v) is 5.74. The molecule has 0 aliphatic rings. The molecule has 0 radical (unpaired) electrons. The van der Waals surface area contributed by atoms with Crippen molar-refractivity contribution in [1.82, 2.24) is 15.8 Å². The molecule has 8 heteroatoms. The lowest BCUT2D eigenvalue weighted by atomic mass is 10.00. The summed E-state index contributed by atoms with van der Waals surface area (Å²) in [7, 11) is 1.67. The summed E-state index contributed by atoms with van der Waals surface area (Å²) in [6.45, 7) is 12.4. The van der Waals surface area contributed by atoms with Gasteiger partial charge in [0, 0.05) is 44.8 Å². The molecule has 2 N–H and O–H groups in total. The van der Waals surface area contributed by atoms with E-state index in [0.29, 0.717) is 26.4 Å². The van der Waals surface area contributed by atoms with Crippen molar-refractivity contribution in [3.63, 3.8) is 0 Å². The van der Waals surface area contributed by atoms with E-state index in [4.69, 9.17) is 14.0 Å². The van der Waals surface area contributed by atoms with Crippen LogP contribution in [0.1, 0.15) is 43.2 Å². The third kappa shape index (κ3) is 9.41. The van der Waals surface area contributed by atoms with Gasteiger partial charge in [-0.25, -0.2) is 0 Å². The van der Waals surface area contributed by atoms with Gasteiger partial charge in [-0.2, -0.15) is 0 Å². The average Bonchev–Trinajstić information content (AvgIpc) is 2.90. The van der Waals surface area contributed by atoms with Gasteiger partial charge in [-0.05, 0) is 27.2 Å². The Morgan fingerprint density at radius 2 is 2.00 bits per heavy atom. The van der Waals surface area contributed by atoms with Crippen molar-refractivity contribution in [2.45, 2.75) is 40.0 Å². The van der Waals surface area contributed by atoms with Gasteiger partial charge >= 0.3 is 0 Å². The maximum absolute atomic E-state index is 5.45. The van der Waals surface area contributed by atoms with Crippen molar-refractivity contribution in [2.24, 2.45) is 4.99 Å². The Bertz CT molecular complexity index is 475. The highest BCUT2D eigenvalue weighted by Gasteiger charge is 2.16. The molecule has 0 aliphatic carbocycles. The molecule has 1 aromatic rings. The van der Waals surface area contributed by atoms with Gasteiger partial charge in [0.25, 0.3) is 0 Å². The van der Waals surface area contributed by atoms with E-state index in [1.54, 1.807) is 7.11 Å². The Kier molecular flexibility index (Phi) is 13.8. The summed E-state index contributed by atoms with van der Waals surface area (Å²) in [5.41, 5.74) is 2.10. The molecule has 0 aliphatic heterocycles. The predicted octanol–water partition coefficient (Wildman–Crippen LogP) is 2.62. The van der Waals surface area contributed by atoms with E-state index < -0.39 is 0 Å². The monoisotopic (exact) mass is 468 g/mol. The molecule has 0 aromatic carbocycles. The molecule has 1 rings (SSSR count). The molecule has 0 saturated heterocycles. The number of rotatable bonds is 11. The molecular formula is C17H33IN4O3. The van der Waals surface area contributed by atoms with Crippen molar-refractivity contribution in [1.29, 1.82) is 0 Å². The van der Waals surface area contributed by atoms with Gasteiger partial charge in [0.15, 0.2) is 5.96 Å². The van der Waals surface area contributed by atoms with E-state index in [1.165, 1.54) is 0 Å². The number of nitrogens with zero attached hydrogens (tertiary/aromatic N) is 2. The fourth-order valence-corrected chi connectivity index (χ4v) is 2.48. The third-order valence-electron chi connectivity index (χ3n) is 3.64. The van der Waals surface area contributed by atoms with Crippen LogP contribution in [-0.2, 0) is 9.47 Å². The molecule has 1 unspecified atom stereocenters. The smallest absolute Gasteiger partial charge is 0.191 e. The molecule has 0 fully saturated rings. The first kappa shape index (κ1) is 24.1. The number of aromatic nitrogens is 1. The number of ether oxygens (including phenoxy) is 2. The summed E-state index contributed by atoms with van der Waals surface area (Å²) in [4.78, 5) is 4.66. The molecule has 7 nitrogen and oxygen atoms in total.